The summed E-state index contributed by atoms with van der Waals surface area (Å²) in [5, 5.41) is 2.74. The molecule has 2 aromatic rings. The molecule has 1 N–H and O–H groups in total. The second kappa shape index (κ2) is 6.54. The van der Waals surface area contributed by atoms with Crippen molar-refractivity contribution in [1.82, 2.24) is 0 Å². The molecule has 0 radical (unpaired) electrons. The van der Waals surface area contributed by atoms with Gasteiger partial charge in [0.1, 0.15) is 18.6 Å². The number of anilines is 2. The van der Waals surface area contributed by atoms with Gasteiger partial charge in [-0.25, -0.2) is 0 Å². The van der Waals surface area contributed by atoms with E-state index in [9.17, 15) is 14.4 Å². The molecular weight excluding hydrogens is 308 g/mol. The van der Waals surface area contributed by atoms with E-state index in [-0.39, 0.29) is 18.4 Å². The third-order valence-electron chi connectivity index (χ3n) is 3.69. The van der Waals surface area contributed by atoms with Gasteiger partial charge in [0.15, 0.2) is 6.10 Å². The van der Waals surface area contributed by atoms with Crippen LogP contribution >= 0.6 is 0 Å². The normalized spacial score (nSPS) is 16.1. The Morgan fingerprint density at radius 2 is 2.00 bits per heavy atom. The fourth-order valence-electron chi connectivity index (χ4n) is 2.53. The quantitative estimate of drug-likeness (QED) is 0.875. The van der Waals surface area contributed by atoms with Crippen molar-refractivity contribution in [3.8, 4) is 5.75 Å². The van der Waals surface area contributed by atoms with Crippen molar-refractivity contribution in [1.29, 1.82) is 0 Å². The molecule has 6 nitrogen and oxygen atoms in total. The van der Waals surface area contributed by atoms with E-state index in [4.69, 9.17) is 4.74 Å². The first-order valence-electron chi connectivity index (χ1n) is 7.50. The van der Waals surface area contributed by atoms with Crippen molar-refractivity contribution >= 4 is 29.5 Å². The summed E-state index contributed by atoms with van der Waals surface area (Å²) in [6, 6.07) is 13.8. The third-order valence-corrected chi connectivity index (χ3v) is 3.69. The number of hydrogen-bond donors (Lipinski definition) is 1. The van der Waals surface area contributed by atoms with Gasteiger partial charge in [0.2, 0.25) is 5.91 Å². The Morgan fingerprint density at radius 3 is 2.71 bits per heavy atom. The van der Waals surface area contributed by atoms with Crippen molar-refractivity contribution < 1.29 is 19.1 Å². The van der Waals surface area contributed by atoms with Crippen LogP contribution in [-0.2, 0) is 9.59 Å². The van der Waals surface area contributed by atoms with Crippen LogP contribution in [0.5, 0.6) is 5.75 Å². The highest BCUT2D eigenvalue weighted by Gasteiger charge is 2.32. The van der Waals surface area contributed by atoms with E-state index in [0.29, 0.717) is 29.0 Å². The van der Waals surface area contributed by atoms with Crippen LogP contribution in [0.3, 0.4) is 0 Å². The minimum atomic E-state index is -0.691. The molecule has 0 spiro atoms. The van der Waals surface area contributed by atoms with Gasteiger partial charge in [-0.15, -0.1) is 0 Å². The van der Waals surface area contributed by atoms with Gasteiger partial charge in [0.05, 0.1) is 5.69 Å². The van der Waals surface area contributed by atoms with E-state index < -0.39 is 6.10 Å². The van der Waals surface area contributed by atoms with E-state index in [2.05, 4.69) is 5.32 Å². The monoisotopic (exact) mass is 324 g/mol. The number of hydrogen-bond acceptors (Lipinski definition) is 4. The van der Waals surface area contributed by atoms with Crippen LogP contribution in [0.15, 0.2) is 48.5 Å². The molecule has 0 aromatic heterocycles. The third kappa shape index (κ3) is 3.12. The second-order valence-corrected chi connectivity index (χ2v) is 5.44. The molecule has 1 heterocycles. The van der Waals surface area contributed by atoms with E-state index >= 15 is 0 Å². The summed E-state index contributed by atoms with van der Waals surface area (Å²) in [4.78, 5) is 37.0. The highest BCUT2D eigenvalue weighted by atomic mass is 16.5. The molecular formula is C18H16N2O4. The zero-order valence-electron chi connectivity index (χ0n) is 13.1. The van der Waals surface area contributed by atoms with Gasteiger partial charge < -0.3 is 10.1 Å². The van der Waals surface area contributed by atoms with Gasteiger partial charge in [-0.1, -0.05) is 18.2 Å². The van der Waals surface area contributed by atoms with Crippen molar-refractivity contribution in [2.24, 2.45) is 0 Å². The lowest BCUT2D eigenvalue weighted by Gasteiger charge is -2.32. The first-order chi connectivity index (χ1) is 11.6. The number of fused-ring (bicyclic) bond motifs is 1. The molecule has 0 bridgehead atoms. The molecule has 1 unspecified atom stereocenters. The number of nitrogens with zero attached hydrogens (tertiary/aromatic N) is 1. The smallest absolute Gasteiger partial charge is 0.268 e. The molecule has 2 amide bonds. The fraction of sp³-hybridized carbons (Fsp3) is 0.167. The summed E-state index contributed by atoms with van der Waals surface area (Å²) < 4.78 is 5.53. The number of carbonyl (C=O) groups is 3. The molecule has 24 heavy (non-hydrogen) atoms. The maximum absolute atomic E-state index is 12.4. The Kier molecular flexibility index (Phi) is 4.29. The maximum Gasteiger partial charge on any atom is 0.268 e. The number of rotatable bonds is 4. The minimum Gasteiger partial charge on any atom is -0.479 e. The fourth-order valence-corrected chi connectivity index (χ4v) is 2.53. The van der Waals surface area contributed by atoms with Crippen LogP contribution in [0.1, 0.15) is 17.3 Å². The van der Waals surface area contributed by atoms with Gasteiger partial charge in [0, 0.05) is 11.3 Å². The Hall–Kier alpha value is -3.15. The molecule has 2 aromatic carbocycles. The zero-order valence-corrected chi connectivity index (χ0v) is 13.1. The van der Waals surface area contributed by atoms with Crippen LogP contribution < -0.4 is 15.0 Å². The molecule has 1 aliphatic heterocycles. The second-order valence-electron chi connectivity index (χ2n) is 5.44. The van der Waals surface area contributed by atoms with Gasteiger partial charge in [-0.3, -0.25) is 19.3 Å². The number of para-hydroxylation sites is 1. The van der Waals surface area contributed by atoms with Gasteiger partial charge >= 0.3 is 0 Å². The highest BCUT2D eigenvalue weighted by molar-refractivity contribution is 6.06. The molecule has 0 saturated heterocycles. The standard InChI is InChI=1S/C18H16N2O4/c1-12-18(23)20(10-17(22)19-14-5-3-2-4-6-14)15-9-13(11-21)7-8-16(15)24-12/h2-9,11-12H,10H2,1H3,(H,19,22). The summed E-state index contributed by atoms with van der Waals surface area (Å²) >= 11 is 0. The Balaban J connectivity index is 1.85. The summed E-state index contributed by atoms with van der Waals surface area (Å²) in [6.07, 6.45) is -0.00512. The average Bonchev–Trinajstić information content (AvgIpc) is 2.59. The topological polar surface area (TPSA) is 75.7 Å². The van der Waals surface area contributed by atoms with Crippen LogP contribution in [0.2, 0.25) is 0 Å². The molecule has 0 saturated carbocycles. The van der Waals surface area contributed by atoms with Crippen LogP contribution in [-0.4, -0.2) is 30.7 Å². The molecule has 6 heteroatoms. The molecule has 0 aliphatic carbocycles. The zero-order chi connectivity index (χ0) is 17.1. The van der Waals surface area contributed by atoms with Gasteiger partial charge in [0.25, 0.3) is 5.91 Å². The number of amides is 2. The average molecular weight is 324 g/mol. The number of ether oxygens (including phenoxy) is 1. The molecule has 3 rings (SSSR count). The van der Waals surface area contributed by atoms with Crippen LogP contribution in [0.4, 0.5) is 11.4 Å². The van der Waals surface area contributed by atoms with Gasteiger partial charge in [-0.05, 0) is 37.3 Å². The van der Waals surface area contributed by atoms with Crippen LogP contribution in [0, 0.1) is 0 Å². The predicted octanol–water partition coefficient (Wildman–Crippen LogP) is 2.25. The number of nitrogens with one attached hydrogen (secondary N) is 1. The number of benzene rings is 2. The molecule has 1 aliphatic rings. The highest BCUT2D eigenvalue weighted by Crippen LogP contribution is 2.34. The first-order valence-corrected chi connectivity index (χ1v) is 7.50. The molecule has 122 valence electrons. The van der Waals surface area contributed by atoms with E-state index in [0.717, 1.165) is 0 Å². The largest absolute Gasteiger partial charge is 0.479 e. The van der Waals surface area contributed by atoms with Gasteiger partial charge in [-0.2, -0.15) is 0 Å². The maximum atomic E-state index is 12.4. The van der Waals surface area contributed by atoms with Crippen LogP contribution in [0.25, 0.3) is 0 Å². The lowest BCUT2D eigenvalue weighted by Crippen LogP contribution is -2.47. The van der Waals surface area contributed by atoms with E-state index in [1.54, 1.807) is 37.3 Å². The van der Waals surface area contributed by atoms with E-state index in [1.165, 1.54) is 4.90 Å². The van der Waals surface area contributed by atoms with Crippen molar-refractivity contribution in [2.45, 2.75) is 13.0 Å². The number of carbonyl (C=O) groups excluding carboxylic acids is 3. The molecule has 1 atom stereocenters. The molecule has 0 fully saturated rings. The van der Waals surface area contributed by atoms with Crippen molar-refractivity contribution in [2.75, 3.05) is 16.8 Å². The summed E-state index contributed by atoms with van der Waals surface area (Å²) in [5.74, 6) is -0.180. The summed E-state index contributed by atoms with van der Waals surface area (Å²) in [6.45, 7) is 1.47. The first kappa shape index (κ1) is 15.7. The minimum absolute atomic E-state index is 0.156. The summed E-state index contributed by atoms with van der Waals surface area (Å²) in [7, 11) is 0. The van der Waals surface area contributed by atoms with Crippen molar-refractivity contribution in [3.63, 3.8) is 0 Å². The lowest BCUT2D eigenvalue weighted by molar-refractivity contribution is -0.127. The Labute approximate surface area is 139 Å². The Bertz CT molecular complexity index is 789. The summed E-state index contributed by atoms with van der Waals surface area (Å²) in [5.41, 5.74) is 1.48. The number of aldehydes is 1. The Morgan fingerprint density at radius 1 is 1.25 bits per heavy atom. The van der Waals surface area contributed by atoms with Crippen molar-refractivity contribution in [3.05, 3.63) is 54.1 Å². The SMILES string of the molecule is CC1Oc2ccc(C=O)cc2N(CC(=O)Nc2ccccc2)C1=O. The predicted molar refractivity (Wildman–Crippen MR) is 89.3 cm³/mol. The van der Waals surface area contributed by atoms with E-state index in [1.807, 2.05) is 18.2 Å². The lowest BCUT2D eigenvalue weighted by atomic mass is 10.1.